The van der Waals surface area contributed by atoms with Crippen molar-refractivity contribution in [3.8, 4) is 0 Å². The maximum absolute atomic E-state index is 13.3. The van der Waals surface area contributed by atoms with Crippen LogP contribution < -0.4 is 5.32 Å². The largest absolute Gasteiger partial charge is 0.379 e. The van der Waals surface area contributed by atoms with Crippen LogP contribution in [0.1, 0.15) is 37.7 Å². The SMILES string of the molecule is Cc1cc(F)cc(NC2/C=C/CCCCC2)c1. The first-order valence-electron chi connectivity index (χ1n) is 6.44. The highest BCUT2D eigenvalue weighted by atomic mass is 19.1. The summed E-state index contributed by atoms with van der Waals surface area (Å²) in [6.07, 6.45) is 10.6. The maximum atomic E-state index is 13.3. The molecule has 1 unspecified atom stereocenters. The summed E-state index contributed by atoms with van der Waals surface area (Å²) in [5.74, 6) is -0.165. The summed E-state index contributed by atoms with van der Waals surface area (Å²) in [7, 11) is 0. The Morgan fingerprint density at radius 2 is 2.06 bits per heavy atom. The average Bonchev–Trinajstić information content (AvgIpc) is 2.20. The molecule has 17 heavy (non-hydrogen) atoms. The molecule has 92 valence electrons. The normalized spacial score (nSPS) is 22.6. The molecule has 0 saturated carbocycles. The molecule has 0 saturated heterocycles. The topological polar surface area (TPSA) is 12.0 Å². The Hall–Kier alpha value is -1.31. The summed E-state index contributed by atoms with van der Waals surface area (Å²) >= 11 is 0. The Labute approximate surface area is 103 Å². The molecule has 2 rings (SSSR count). The molecule has 1 aliphatic carbocycles. The Balaban J connectivity index is 2.05. The van der Waals surface area contributed by atoms with Gasteiger partial charge < -0.3 is 5.32 Å². The van der Waals surface area contributed by atoms with Crippen LogP contribution in [0.15, 0.2) is 30.4 Å². The lowest BCUT2D eigenvalue weighted by Crippen LogP contribution is -2.17. The van der Waals surface area contributed by atoms with E-state index in [0.29, 0.717) is 6.04 Å². The molecule has 0 radical (unpaired) electrons. The van der Waals surface area contributed by atoms with Gasteiger partial charge in [0.1, 0.15) is 5.82 Å². The first kappa shape index (κ1) is 12.2. The number of allylic oxidation sites excluding steroid dienone is 1. The molecule has 1 nitrogen and oxygen atoms in total. The number of anilines is 1. The number of hydrogen-bond acceptors (Lipinski definition) is 1. The van der Waals surface area contributed by atoms with Crippen molar-refractivity contribution >= 4 is 5.69 Å². The van der Waals surface area contributed by atoms with Crippen LogP contribution in [0.2, 0.25) is 0 Å². The summed E-state index contributed by atoms with van der Waals surface area (Å²) in [5.41, 5.74) is 1.85. The van der Waals surface area contributed by atoms with Crippen molar-refractivity contribution in [1.29, 1.82) is 0 Å². The molecule has 0 bridgehead atoms. The molecule has 0 amide bonds. The Morgan fingerprint density at radius 1 is 1.18 bits per heavy atom. The second-order valence-corrected chi connectivity index (χ2v) is 4.83. The molecule has 0 aliphatic heterocycles. The van der Waals surface area contributed by atoms with Gasteiger partial charge in [-0.25, -0.2) is 4.39 Å². The van der Waals surface area contributed by atoms with E-state index < -0.39 is 0 Å². The molecule has 0 fully saturated rings. The van der Waals surface area contributed by atoms with Gasteiger partial charge in [-0.05, 0) is 49.9 Å². The lowest BCUT2D eigenvalue weighted by Gasteiger charge is -2.18. The zero-order chi connectivity index (χ0) is 12.1. The predicted molar refractivity (Wildman–Crippen MR) is 70.8 cm³/mol. The van der Waals surface area contributed by atoms with E-state index in [1.807, 2.05) is 13.0 Å². The van der Waals surface area contributed by atoms with E-state index in [2.05, 4.69) is 17.5 Å². The van der Waals surface area contributed by atoms with Gasteiger partial charge in [0.25, 0.3) is 0 Å². The lowest BCUT2D eigenvalue weighted by molar-refractivity contribution is 0.607. The minimum Gasteiger partial charge on any atom is -0.379 e. The number of aryl methyl sites for hydroxylation is 1. The Kier molecular flexibility index (Phi) is 4.18. The average molecular weight is 233 g/mol. The highest BCUT2D eigenvalue weighted by Crippen LogP contribution is 2.18. The quantitative estimate of drug-likeness (QED) is 0.745. The molecule has 1 aromatic rings. The van der Waals surface area contributed by atoms with Gasteiger partial charge in [-0.3, -0.25) is 0 Å². The number of benzene rings is 1. The van der Waals surface area contributed by atoms with Crippen molar-refractivity contribution in [3.05, 3.63) is 41.7 Å². The molecule has 1 N–H and O–H groups in total. The van der Waals surface area contributed by atoms with Crippen molar-refractivity contribution in [2.24, 2.45) is 0 Å². The second kappa shape index (κ2) is 5.85. The predicted octanol–water partition coefficient (Wildman–Crippen LogP) is 4.43. The monoisotopic (exact) mass is 233 g/mol. The van der Waals surface area contributed by atoms with Crippen molar-refractivity contribution in [2.45, 2.75) is 45.1 Å². The van der Waals surface area contributed by atoms with Crippen LogP contribution in [0.5, 0.6) is 0 Å². The molecule has 0 aromatic heterocycles. The number of rotatable bonds is 2. The van der Waals surface area contributed by atoms with E-state index in [1.54, 1.807) is 12.1 Å². The molecule has 1 aromatic carbocycles. The van der Waals surface area contributed by atoms with Crippen LogP contribution in [0, 0.1) is 12.7 Å². The summed E-state index contributed by atoms with van der Waals surface area (Å²) in [6.45, 7) is 1.92. The molecular formula is C15H20FN. The van der Waals surface area contributed by atoms with E-state index in [0.717, 1.165) is 17.7 Å². The number of halogens is 1. The van der Waals surface area contributed by atoms with Crippen LogP contribution >= 0.6 is 0 Å². The third kappa shape index (κ3) is 3.88. The minimum atomic E-state index is -0.165. The lowest BCUT2D eigenvalue weighted by atomic mass is 10.0. The fourth-order valence-corrected chi connectivity index (χ4v) is 2.31. The highest BCUT2D eigenvalue weighted by Gasteiger charge is 2.07. The van der Waals surface area contributed by atoms with E-state index in [-0.39, 0.29) is 5.82 Å². The van der Waals surface area contributed by atoms with Crippen molar-refractivity contribution in [2.75, 3.05) is 5.32 Å². The fraction of sp³-hybridized carbons (Fsp3) is 0.467. The van der Waals surface area contributed by atoms with Crippen molar-refractivity contribution in [1.82, 2.24) is 0 Å². The summed E-state index contributed by atoms with van der Waals surface area (Å²) in [4.78, 5) is 0. The third-order valence-corrected chi connectivity index (χ3v) is 3.15. The van der Waals surface area contributed by atoms with Gasteiger partial charge in [0.2, 0.25) is 0 Å². The van der Waals surface area contributed by atoms with E-state index in [4.69, 9.17) is 0 Å². The number of nitrogens with one attached hydrogen (secondary N) is 1. The van der Waals surface area contributed by atoms with Gasteiger partial charge in [0.15, 0.2) is 0 Å². The van der Waals surface area contributed by atoms with E-state index in [9.17, 15) is 4.39 Å². The van der Waals surface area contributed by atoms with Gasteiger partial charge in [0, 0.05) is 11.7 Å². The van der Waals surface area contributed by atoms with Gasteiger partial charge >= 0.3 is 0 Å². The Bertz CT molecular complexity index is 378. The van der Waals surface area contributed by atoms with Gasteiger partial charge in [0.05, 0.1) is 0 Å². The molecule has 0 heterocycles. The second-order valence-electron chi connectivity index (χ2n) is 4.83. The van der Waals surface area contributed by atoms with Crippen LogP contribution in [0.3, 0.4) is 0 Å². The zero-order valence-corrected chi connectivity index (χ0v) is 10.4. The number of hydrogen-bond donors (Lipinski definition) is 1. The summed E-state index contributed by atoms with van der Waals surface area (Å²) in [6, 6.07) is 5.46. The van der Waals surface area contributed by atoms with Crippen LogP contribution in [0.25, 0.3) is 0 Å². The maximum Gasteiger partial charge on any atom is 0.125 e. The zero-order valence-electron chi connectivity index (χ0n) is 10.4. The minimum absolute atomic E-state index is 0.165. The summed E-state index contributed by atoms with van der Waals surface area (Å²) in [5, 5.41) is 3.40. The van der Waals surface area contributed by atoms with Gasteiger partial charge in [-0.15, -0.1) is 0 Å². The third-order valence-electron chi connectivity index (χ3n) is 3.15. The van der Waals surface area contributed by atoms with Crippen LogP contribution in [-0.2, 0) is 0 Å². The van der Waals surface area contributed by atoms with Crippen molar-refractivity contribution in [3.63, 3.8) is 0 Å². The Morgan fingerprint density at radius 3 is 2.88 bits per heavy atom. The van der Waals surface area contributed by atoms with Gasteiger partial charge in [-0.1, -0.05) is 25.0 Å². The molecular weight excluding hydrogens is 213 g/mol. The standard InChI is InChI=1S/C15H20FN/c1-12-9-13(16)11-15(10-12)17-14-7-5-3-2-4-6-8-14/h5,7,9-11,14,17H,2-4,6,8H2,1H3/b7-5+. The van der Waals surface area contributed by atoms with Gasteiger partial charge in [-0.2, -0.15) is 0 Å². The molecule has 1 aliphatic rings. The van der Waals surface area contributed by atoms with Crippen molar-refractivity contribution < 1.29 is 4.39 Å². The molecule has 2 heteroatoms. The fourth-order valence-electron chi connectivity index (χ4n) is 2.31. The molecule has 1 atom stereocenters. The van der Waals surface area contributed by atoms with Crippen LogP contribution in [0.4, 0.5) is 10.1 Å². The first-order valence-corrected chi connectivity index (χ1v) is 6.44. The first-order chi connectivity index (χ1) is 8.24. The van der Waals surface area contributed by atoms with E-state index >= 15 is 0 Å². The van der Waals surface area contributed by atoms with Crippen LogP contribution in [-0.4, -0.2) is 6.04 Å². The highest BCUT2D eigenvalue weighted by molar-refractivity contribution is 5.47. The summed E-state index contributed by atoms with van der Waals surface area (Å²) < 4.78 is 13.3. The smallest absolute Gasteiger partial charge is 0.125 e. The molecule has 0 spiro atoms. The van der Waals surface area contributed by atoms with E-state index in [1.165, 1.54) is 25.7 Å².